The molecule has 9 heteroatoms. The summed E-state index contributed by atoms with van der Waals surface area (Å²) < 4.78 is 20.7. The van der Waals surface area contributed by atoms with Gasteiger partial charge in [-0.2, -0.15) is 0 Å². The van der Waals surface area contributed by atoms with Crippen LogP contribution in [0, 0.1) is 0 Å². The summed E-state index contributed by atoms with van der Waals surface area (Å²) in [5, 5.41) is 1.03. The summed E-state index contributed by atoms with van der Waals surface area (Å²) in [6.45, 7) is 4.12. The normalized spacial score (nSPS) is 18.9. The van der Waals surface area contributed by atoms with E-state index in [9.17, 15) is 0 Å². The van der Waals surface area contributed by atoms with Crippen LogP contribution in [0.25, 0.3) is 6.08 Å². The van der Waals surface area contributed by atoms with Gasteiger partial charge < -0.3 is 24.5 Å². The van der Waals surface area contributed by atoms with Crippen molar-refractivity contribution in [2.24, 2.45) is 5.73 Å². The second-order valence-electron chi connectivity index (χ2n) is 9.95. The van der Waals surface area contributed by atoms with Crippen molar-refractivity contribution >= 4 is 29.3 Å². The summed E-state index contributed by atoms with van der Waals surface area (Å²) in [5.41, 5.74) is 8.96. The van der Waals surface area contributed by atoms with Crippen molar-refractivity contribution in [3.63, 3.8) is 0 Å². The van der Waals surface area contributed by atoms with Gasteiger partial charge in [-0.25, -0.2) is 4.98 Å². The molecule has 1 aromatic heterocycles. The Kier molecular flexibility index (Phi) is 10.1. The number of halogens is 2. The van der Waals surface area contributed by atoms with Gasteiger partial charge in [0.2, 0.25) is 5.79 Å². The van der Waals surface area contributed by atoms with Crippen molar-refractivity contribution in [1.82, 2.24) is 14.5 Å². The molecule has 1 fully saturated rings. The molecule has 3 aromatic carbocycles. The maximum atomic E-state index is 6.57. The molecule has 5 rings (SSSR count). The third-order valence-corrected chi connectivity index (χ3v) is 7.38. The van der Waals surface area contributed by atoms with E-state index >= 15 is 0 Å². The predicted octanol–water partition coefficient (Wildman–Crippen LogP) is 6.01. The van der Waals surface area contributed by atoms with Gasteiger partial charge in [0.15, 0.2) is 0 Å². The van der Waals surface area contributed by atoms with Crippen LogP contribution in [0.5, 0.6) is 5.75 Å². The molecule has 2 N–H and O–H groups in total. The lowest BCUT2D eigenvalue weighted by Crippen LogP contribution is -2.34. The van der Waals surface area contributed by atoms with E-state index in [2.05, 4.69) is 46.3 Å². The molecule has 1 aliphatic rings. The number of imidazole rings is 1. The number of ether oxygens (including phenoxy) is 3. The molecular weight excluding hydrogens is 559 g/mol. The molecule has 1 aliphatic heterocycles. The third kappa shape index (κ3) is 7.98. The second-order valence-corrected chi connectivity index (χ2v) is 10.8. The maximum absolute atomic E-state index is 6.57. The van der Waals surface area contributed by atoms with Gasteiger partial charge in [0.1, 0.15) is 18.5 Å². The Hall–Kier alpha value is -3.17. The van der Waals surface area contributed by atoms with Crippen molar-refractivity contribution in [2.45, 2.75) is 25.0 Å². The molecule has 7 nitrogen and oxygen atoms in total. The number of hydrogen-bond acceptors (Lipinski definition) is 6. The molecular formula is C32H34Cl2N4O3. The standard InChI is InChI=1S/C32H34Cl2N4O3/c33-27-10-13-30(31(34)19-27)32(23-38-18-15-36-24-38)40-22-29(41-32)21-39-28-11-8-26(9-12-28)20-37(17-14-35)16-4-7-25-5-2-1-3-6-25/h1-13,15,18-19,24,29H,14,16-17,20-23,35H2/b7-4+. The largest absolute Gasteiger partial charge is 0.491 e. The highest BCUT2D eigenvalue weighted by molar-refractivity contribution is 6.35. The zero-order valence-electron chi connectivity index (χ0n) is 22.7. The minimum Gasteiger partial charge on any atom is -0.491 e. The smallest absolute Gasteiger partial charge is 0.215 e. The number of aromatic nitrogens is 2. The molecule has 0 radical (unpaired) electrons. The average molecular weight is 594 g/mol. The molecule has 0 aliphatic carbocycles. The van der Waals surface area contributed by atoms with Gasteiger partial charge in [0, 0.05) is 49.2 Å². The van der Waals surface area contributed by atoms with Crippen LogP contribution in [0.15, 0.2) is 97.6 Å². The Morgan fingerprint density at radius 3 is 2.66 bits per heavy atom. The Morgan fingerprint density at radius 1 is 1.10 bits per heavy atom. The van der Waals surface area contributed by atoms with Gasteiger partial charge in [-0.15, -0.1) is 0 Å². The van der Waals surface area contributed by atoms with Gasteiger partial charge in [-0.05, 0) is 35.4 Å². The number of hydrogen-bond donors (Lipinski definition) is 1. The average Bonchev–Trinajstić information content (AvgIpc) is 3.64. The van der Waals surface area contributed by atoms with Crippen LogP contribution in [-0.4, -0.2) is 53.4 Å². The lowest BCUT2D eigenvalue weighted by atomic mass is 10.1. The minimum absolute atomic E-state index is 0.290. The van der Waals surface area contributed by atoms with Crippen LogP contribution < -0.4 is 10.5 Å². The molecule has 0 bridgehead atoms. The van der Waals surface area contributed by atoms with E-state index < -0.39 is 5.79 Å². The highest BCUT2D eigenvalue weighted by Gasteiger charge is 2.45. The van der Waals surface area contributed by atoms with Crippen molar-refractivity contribution in [3.8, 4) is 5.75 Å². The Labute approximate surface area is 251 Å². The van der Waals surface area contributed by atoms with Crippen molar-refractivity contribution in [1.29, 1.82) is 0 Å². The Bertz CT molecular complexity index is 1400. The van der Waals surface area contributed by atoms with Crippen LogP contribution in [0.3, 0.4) is 0 Å². The first kappa shape index (κ1) is 29.3. The highest BCUT2D eigenvalue weighted by Crippen LogP contribution is 2.40. The minimum atomic E-state index is -1.08. The molecule has 41 heavy (non-hydrogen) atoms. The summed E-state index contributed by atoms with van der Waals surface area (Å²) in [6.07, 6.45) is 9.32. The molecule has 0 amide bonds. The van der Waals surface area contributed by atoms with Gasteiger partial charge >= 0.3 is 0 Å². The van der Waals surface area contributed by atoms with Crippen LogP contribution >= 0.6 is 23.2 Å². The topological polar surface area (TPSA) is 74.8 Å². The summed E-state index contributed by atoms with van der Waals surface area (Å²) in [7, 11) is 0. The molecule has 2 heterocycles. The van der Waals surface area contributed by atoms with Crippen LogP contribution in [0.4, 0.5) is 0 Å². The quantitative estimate of drug-likeness (QED) is 0.205. The van der Waals surface area contributed by atoms with E-state index in [-0.39, 0.29) is 6.10 Å². The summed E-state index contributed by atoms with van der Waals surface area (Å²) in [6, 6.07) is 23.8. The van der Waals surface area contributed by atoms with Gasteiger partial charge in [0.25, 0.3) is 0 Å². The van der Waals surface area contributed by atoms with Crippen molar-refractivity contribution in [2.75, 3.05) is 32.8 Å². The van der Waals surface area contributed by atoms with Gasteiger partial charge in [-0.3, -0.25) is 4.90 Å². The number of rotatable bonds is 13. The number of benzene rings is 3. The highest BCUT2D eigenvalue weighted by atomic mass is 35.5. The number of nitrogens with two attached hydrogens (primary N) is 1. The molecule has 1 saturated heterocycles. The number of nitrogens with zero attached hydrogens (tertiary/aromatic N) is 3. The van der Waals surface area contributed by atoms with Crippen LogP contribution in [0.2, 0.25) is 10.0 Å². The molecule has 0 saturated carbocycles. The fraction of sp³-hybridized carbons (Fsp3) is 0.281. The fourth-order valence-electron chi connectivity index (χ4n) is 4.83. The second kappa shape index (κ2) is 14.1. The third-order valence-electron chi connectivity index (χ3n) is 6.84. The molecule has 0 spiro atoms. The molecule has 2 unspecified atom stereocenters. The van der Waals surface area contributed by atoms with E-state index in [0.29, 0.717) is 41.9 Å². The summed E-state index contributed by atoms with van der Waals surface area (Å²) in [4.78, 5) is 6.46. The Balaban J connectivity index is 1.17. The monoisotopic (exact) mass is 592 g/mol. The Morgan fingerprint density at radius 2 is 1.93 bits per heavy atom. The maximum Gasteiger partial charge on any atom is 0.215 e. The molecule has 214 valence electrons. The zero-order chi connectivity index (χ0) is 28.5. The van der Waals surface area contributed by atoms with Crippen molar-refractivity contribution in [3.05, 3.63) is 124 Å². The first-order chi connectivity index (χ1) is 20.0. The van der Waals surface area contributed by atoms with Gasteiger partial charge in [-0.1, -0.05) is 83.9 Å². The predicted molar refractivity (Wildman–Crippen MR) is 163 cm³/mol. The first-order valence-corrected chi connectivity index (χ1v) is 14.4. The molecule has 4 aromatic rings. The first-order valence-electron chi connectivity index (χ1n) is 13.6. The lowest BCUT2D eigenvalue weighted by molar-refractivity contribution is -0.189. The lowest BCUT2D eigenvalue weighted by Gasteiger charge is -2.30. The fourth-order valence-corrected chi connectivity index (χ4v) is 5.39. The van der Waals surface area contributed by atoms with E-state index in [1.54, 1.807) is 24.7 Å². The zero-order valence-corrected chi connectivity index (χ0v) is 24.3. The van der Waals surface area contributed by atoms with E-state index in [0.717, 1.165) is 25.4 Å². The van der Waals surface area contributed by atoms with Gasteiger partial charge in [0.05, 0.1) is 24.5 Å². The SMILES string of the molecule is NCCN(C/C=C/c1ccccc1)Cc1ccc(OCC2COC(Cn3ccnc3)(c3ccc(Cl)cc3Cl)O2)cc1. The summed E-state index contributed by atoms with van der Waals surface area (Å²) >= 11 is 12.7. The van der Waals surface area contributed by atoms with E-state index in [1.165, 1.54) is 11.1 Å². The van der Waals surface area contributed by atoms with E-state index in [1.807, 2.05) is 47.2 Å². The molecule has 2 atom stereocenters. The van der Waals surface area contributed by atoms with Crippen molar-refractivity contribution < 1.29 is 14.2 Å². The van der Waals surface area contributed by atoms with Crippen LogP contribution in [-0.2, 0) is 28.4 Å². The van der Waals surface area contributed by atoms with E-state index in [4.69, 9.17) is 43.1 Å². The summed E-state index contributed by atoms with van der Waals surface area (Å²) in [5.74, 6) is -0.315. The van der Waals surface area contributed by atoms with Crippen LogP contribution in [0.1, 0.15) is 16.7 Å².